The van der Waals surface area contributed by atoms with Crippen LogP contribution in [0.2, 0.25) is 10.0 Å². The van der Waals surface area contributed by atoms with E-state index in [0.29, 0.717) is 67.2 Å². The van der Waals surface area contributed by atoms with E-state index in [1.807, 2.05) is 24.0 Å². The molecule has 1 saturated carbocycles. The number of benzene rings is 2. The lowest BCUT2D eigenvalue weighted by atomic mass is 9.76. The molecule has 2 heterocycles. The Morgan fingerprint density at radius 2 is 1.73 bits per heavy atom. The highest BCUT2D eigenvalue weighted by Crippen LogP contribution is 2.39. The molecule has 266 valence electrons. The fraction of sp³-hybridized carbons (Fsp3) is 0.514. The van der Waals surface area contributed by atoms with Gasteiger partial charge in [-0.05, 0) is 98.2 Å². The van der Waals surface area contributed by atoms with Gasteiger partial charge < -0.3 is 38.8 Å². The first-order valence-electron chi connectivity index (χ1n) is 16.9. The number of hydrogen-bond acceptors (Lipinski definition) is 8. The molecule has 12 heteroatoms. The largest absolute Gasteiger partial charge is 0.491 e. The molecular formula is C37H47Cl2N3O7. The average molecular weight is 717 g/mol. The summed E-state index contributed by atoms with van der Waals surface area (Å²) in [6, 6.07) is 12.9. The second-order valence-electron chi connectivity index (χ2n) is 12.9. The Morgan fingerprint density at radius 3 is 2.43 bits per heavy atom. The number of aryl methyl sites for hydroxylation is 2. The molecule has 3 aromatic rings. The summed E-state index contributed by atoms with van der Waals surface area (Å²) in [5, 5.41) is 16.3. The molecule has 0 radical (unpaired) electrons. The molecule has 1 aromatic heterocycles. The summed E-state index contributed by atoms with van der Waals surface area (Å²) in [5.41, 5.74) is 1.62. The van der Waals surface area contributed by atoms with Crippen LogP contribution in [0.3, 0.4) is 0 Å². The molecule has 49 heavy (non-hydrogen) atoms. The maximum Gasteiger partial charge on any atom is 0.251 e. The molecule has 0 unspecified atom stereocenters. The molecule has 2 N–H and O–H groups in total. The zero-order chi connectivity index (χ0) is 35.0. The number of carbonyl (C=O) groups excluding carboxylic acids is 1. The summed E-state index contributed by atoms with van der Waals surface area (Å²) in [6.45, 7) is 5.07. The summed E-state index contributed by atoms with van der Waals surface area (Å²) in [5.74, 6) is 0.204. The topological polar surface area (TPSA) is 111 Å². The van der Waals surface area contributed by atoms with Crippen molar-refractivity contribution < 1.29 is 28.8 Å². The molecule has 2 aromatic carbocycles. The van der Waals surface area contributed by atoms with Crippen molar-refractivity contribution in [2.75, 3.05) is 53.7 Å². The first-order valence-corrected chi connectivity index (χ1v) is 17.6. The Labute approximate surface area is 298 Å². The first kappa shape index (κ1) is 37.1. The van der Waals surface area contributed by atoms with Gasteiger partial charge in [0.1, 0.15) is 24.6 Å². The average Bonchev–Trinajstić information content (AvgIpc) is 3.91. The lowest BCUT2D eigenvalue weighted by Gasteiger charge is -2.42. The van der Waals surface area contributed by atoms with Crippen molar-refractivity contribution in [3.63, 3.8) is 0 Å². The summed E-state index contributed by atoms with van der Waals surface area (Å²) in [4.78, 5) is 29.6. The summed E-state index contributed by atoms with van der Waals surface area (Å²) >= 11 is 12.6. The van der Waals surface area contributed by atoms with Gasteiger partial charge in [0.15, 0.2) is 5.75 Å². The number of aliphatic hydroxyl groups is 1. The highest BCUT2D eigenvalue weighted by atomic mass is 35.5. The van der Waals surface area contributed by atoms with Crippen molar-refractivity contribution in [2.45, 2.75) is 63.8 Å². The summed E-state index contributed by atoms with van der Waals surface area (Å²) < 4.78 is 23.7. The molecule has 2 fully saturated rings. The SMILES string of the molecule is COCCCc1cc(CN(C(=O)[C@H]2CNCC[C@@]2(O)c2ccn(CCOc3c(Cl)cc(C)cc3Cl)c(=O)c2)C2CC2)cc(OCCOC)c1. The number of methoxy groups -OCH3 is 2. The van der Waals surface area contributed by atoms with Crippen LogP contribution in [-0.4, -0.2) is 80.3 Å². The second kappa shape index (κ2) is 17.2. The van der Waals surface area contributed by atoms with Crippen LogP contribution in [0.25, 0.3) is 0 Å². The molecule has 0 bridgehead atoms. The number of ether oxygens (including phenoxy) is 4. The van der Waals surface area contributed by atoms with Crippen LogP contribution in [-0.2, 0) is 39.4 Å². The van der Waals surface area contributed by atoms with Crippen LogP contribution in [0, 0.1) is 12.8 Å². The maximum atomic E-state index is 14.4. The van der Waals surface area contributed by atoms with Gasteiger partial charge >= 0.3 is 0 Å². The Balaban J connectivity index is 1.32. The molecule has 10 nitrogen and oxygen atoms in total. The highest BCUT2D eigenvalue weighted by molar-refractivity contribution is 6.37. The number of pyridine rings is 1. The first-order chi connectivity index (χ1) is 23.6. The zero-order valence-corrected chi connectivity index (χ0v) is 30.0. The lowest BCUT2D eigenvalue weighted by Crippen LogP contribution is -2.55. The number of piperidine rings is 1. The van der Waals surface area contributed by atoms with E-state index in [1.54, 1.807) is 38.6 Å². The van der Waals surface area contributed by atoms with Crippen molar-refractivity contribution in [3.8, 4) is 11.5 Å². The van der Waals surface area contributed by atoms with E-state index in [9.17, 15) is 14.7 Å². The van der Waals surface area contributed by atoms with E-state index in [-0.39, 0.29) is 30.7 Å². The van der Waals surface area contributed by atoms with Gasteiger partial charge in [0.2, 0.25) is 5.91 Å². The molecular weight excluding hydrogens is 669 g/mol. The van der Waals surface area contributed by atoms with Crippen LogP contribution < -0.4 is 20.3 Å². The van der Waals surface area contributed by atoms with E-state index >= 15 is 0 Å². The van der Waals surface area contributed by atoms with E-state index < -0.39 is 11.5 Å². The van der Waals surface area contributed by atoms with Crippen molar-refractivity contribution >= 4 is 29.1 Å². The molecule has 2 atom stereocenters. The number of aromatic nitrogens is 1. The van der Waals surface area contributed by atoms with Gasteiger partial charge in [-0.15, -0.1) is 0 Å². The number of amides is 1. The Bertz CT molecular complexity index is 1600. The monoisotopic (exact) mass is 715 g/mol. The van der Waals surface area contributed by atoms with Gasteiger partial charge in [0, 0.05) is 52.2 Å². The number of halogens is 2. The molecule has 1 aliphatic heterocycles. The van der Waals surface area contributed by atoms with Crippen LogP contribution in [0.1, 0.15) is 47.9 Å². The van der Waals surface area contributed by atoms with E-state index in [1.165, 1.54) is 10.6 Å². The van der Waals surface area contributed by atoms with Crippen LogP contribution in [0.4, 0.5) is 0 Å². The Kier molecular flexibility index (Phi) is 13.0. The van der Waals surface area contributed by atoms with E-state index in [4.69, 9.17) is 42.1 Å². The fourth-order valence-corrected chi connectivity index (χ4v) is 7.12. The molecule has 1 amide bonds. The third-order valence-electron chi connectivity index (χ3n) is 9.14. The maximum absolute atomic E-state index is 14.4. The third kappa shape index (κ3) is 9.57. The minimum absolute atomic E-state index is 0.0946. The quantitative estimate of drug-likeness (QED) is 0.185. The van der Waals surface area contributed by atoms with E-state index in [2.05, 4.69) is 11.4 Å². The normalized spacial score (nSPS) is 19.1. The van der Waals surface area contributed by atoms with Crippen molar-refractivity contribution in [1.82, 2.24) is 14.8 Å². The smallest absolute Gasteiger partial charge is 0.251 e. The molecule has 1 aliphatic carbocycles. The number of nitrogens with one attached hydrogen (secondary N) is 1. The minimum atomic E-state index is -1.51. The van der Waals surface area contributed by atoms with Crippen LogP contribution in [0.5, 0.6) is 11.5 Å². The molecule has 2 aliphatic rings. The predicted octanol–water partition coefficient (Wildman–Crippen LogP) is 5.14. The third-order valence-corrected chi connectivity index (χ3v) is 9.70. The minimum Gasteiger partial charge on any atom is -0.491 e. The summed E-state index contributed by atoms with van der Waals surface area (Å²) in [6.07, 6.45) is 5.44. The number of nitrogens with zero attached hydrogens (tertiary/aromatic N) is 2. The molecule has 1 saturated heterocycles. The second-order valence-corrected chi connectivity index (χ2v) is 13.7. The van der Waals surface area contributed by atoms with Gasteiger partial charge in [-0.3, -0.25) is 9.59 Å². The lowest BCUT2D eigenvalue weighted by molar-refractivity contribution is -0.150. The standard InChI is InChI=1S/C37H47Cl2N3O7/c1-25-17-32(38)35(33(39)18-25)49-14-12-41-11-8-28(22-34(41)43)37(45)9-10-40-23-31(37)36(44)42(29-6-7-29)24-27-19-26(5-4-13-46-2)20-30(21-27)48-16-15-47-3/h8,11,17-22,29,31,40,45H,4-7,9-10,12-16,23-24H2,1-3H3/t31-,37-/m1/s1. The highest BCUT2D eigenvalue weighted by Gasteiger charge is 2.48. The van der Waals surface area contributed by atoms with E-state index in [0.717, 1.165) is 48.1 Å². The fourth-order valence-electron chi connectivity index (χ4n) is 6.42. The van der Waals surface area contributed by atoms with Crippen molar-refractivity contribution in [1.29, 1.82) is 0 Å². The van der Waals surface area contributed by atoms with Gasteiger partial charge in [0.05, 0.1) is 29.1 Å². The zero-order valence-electron chi connectivity index (χ0n) is 28.5. The van der Waals surface area contributed by atoms with Crippen LogP contribution >= 0.6 is 23.2 Å². The summed E-state index contributed by atoms with van der Waals surface area (Å²) in [7, 11) is 3.33. The Morgan fingerprint density at radius 1 is 1.00 bits per heavy atom. The predicted molar refractivity (Wildman–Crippen MR) is 190 cm³/mol. The Hall–Kier alpha value is -3.12. The molecule has 5 rings (SSSR count). The van der Waals surface area contributed by atoms with Gasteiger partial charge in [-0.25, -0.2) is 0 Å². The molecule has 0 spiro atoms. The number of carbonyl (C=O) groups is 1. The van der Waals surface area contributed by atoms with Gasteiger partial charge in [-0.1, -0.05) is 29.3 Å². The number of rotatable bonds is 17. The number of hydrogen-bond donors (Lipinski definition) is 2. The van der Waals surface area contributed by atoms with Crippen molar-refractivity contribution in [3.05, 3.63) is 91.3 Å². The van der Waals surface area contributed by atoms with Gasteiger partial charge in [-0.2, -0.15) is 0 Å². The van der Waals surface area contributed by atoms with Crippen molar-refractivity contribution in [2.24, 2.45) is 5.92 Å². The van der Waals surface area contributed by atoms with Gasteiger partial charge in [0.25, 0.3) is 5.56 Å². The van der Waals surface area contributed by atoms with Crippen LogP contribution in [0.15, 0.2) is 53.5 Å².